The van der Waals surface area contributed by atoms with Gasteiger partial charge < -0.3 is 4.98 Å². The summed E-state index contributed by atoms with van der Waals surface area (Å²) in [5.41, 5.74) is 1.32. The Hall–Kier alpha value is -2.05. The van der Waals surface area contributed by atoms with Gasteiger partial charge in [0.15, 0.2) is 16.4 Å². The maximum absolute atomic E-state index is 14.2. The number of benzene rings is 2. The summed E-state index contributed by atoms with van der Waals surface area (Å²) in [5, 5.41) is 3.04. The maximum Gasteiger partial charge on any atom is 0.184 e. The monoisotopic (exact) mass is 318 g/mol. The molecule has 0 bridgehead atoms. The van der Waals surface area contributed by atoms with E-state index in [0.717, 1.165) is 16.2 Å². The van der Waals surface area contributed by atoms with E-state index in [2.05, 4.69) is 4.98 Å². The van der Waals surface area contributed by atoms with Crippen molar-refractivity contribution in [3.8, 4) is 5.69 Å². The number of rotatable bonds is 1. The quantitative estimate of drug-likeness (QED) is 0.480. The van der Waals surface area contributed by atoms with E-state index in [1.807, 2.05) is 29.6 Å². The Morgan fingerprint density at radius 1 is 1.10 bits per heavy atom. The van der Waals surface area contributed by atoms with Crippen LogP contribution in [0.3, 0.4) is 0 Å². The molecule has 0 atom stereocenters. The lowest BCUT2D eigenvalue weighted by molar-refractivity contribution is 0.514. The predicted molar refractivity (Wildman–Crippen MR) is 83.8 cm³/mol. The summed E-state index contributed by atoms with van der Waals surface area (Å²) < 4.78 is 30.7. The second-order valence-electron chi connectivity index (χ2n) is 4.67. The molecule has 2 nitrogen and oxygen atoms in total. The van der Waals surface area contributed by atoms with Crippen molar-refractivity contribution in [1.82, 2.24) is 9.55 Å². The first kappa shape index (κ1) is 12.7. The van der Waals surface area contributed by atoms with Crippen LogP contribution in [0.15, 0.2) is 41.8 Å². The number of aromatic amines is 1. The van der Waals surface area contributed by atoms with Crippen molar-refractivity contribution in [1.29, 1.82) is 0 Å². The first-order valence-corrected chi connectivity index (χ1v) is 7.50. The van der Waals surface area contributed by atoms with Crippen molar-refractivity contribution in [3.63, 3.8) is 0 Å². The highest BCUT2D eigenvalue weighted by Crippen LogP contribution is 2.28. The Bertz CT molecular complexity index is 1040. The Labute approximate surface area is 127 Å². The summed E-state index contributed by atoms with van der Waals surface area (Å²) in [5.74, 6) is -1.79. The average Bonchev–Trinajstić information content (AvgIpc) is 3.06. The third-order valence-corrected chi connectivity index (χ3v) is 4.61. The third-order valence-electron chi connectivity index (χ3n) is 3.43. The van der Waals surface area contributed by atoms with Gasteiger partial charge in [0.1, 0.15) is 5.52 Å². The highest BCUT2D eigenvalue weighted by atomic mass is 32.1. The molecule has 0 amide bonds. The number of hydrogen-bond acceptors (Lipinski definition) is 2. The number of nitrogens with one attached hydrogen (secondary N) is 1. The van der Waals surface area contributed by atoms with Gasteiger partial charge in [0.25, 0.3) is 0 Å². The van der Waals surface area contributed by atoms with Crippen LogP contribution in [0.25, 0.3) is 26.8 Å². The average molecular weight is 318 g/mol. The lowest BCUT2D eigenvalue weighted by Crippen LogP contribution is -1.97. The molecule has 4 rings (SSSR count). The normalized spacial score (nSPS) is 11.5. The van der Waals surface area contributed by atoms with Gasteiger partial charge in [0, 0.05) is 10.4 Å². The highest BCUT2D eigenvalue weighted by molar-refractivity contribution is 7.71. The van der Waals surface area contributed by atoms with Gasteiger partial charge in [-0.2, -0.15) is 0 Å². The molecule has 2 aromatic heterocycles. The molecule has 0 radical (unpaired) electrons. The summed E-state index contributed by atoms with van der Waals surface area (Å²) in [6.45, 7) is 0. The number of aromatic nitrogens is 2. The lowest BCUT2D eigenvalue weighted by Gasteiger charge is -2.06. The topological polar surface area (TPSA) is 20.7 Å². The zero-order valence-electron chi connectivity index (χ0n) is 10.6. The van der Waals surface area contributed by atoms with Crippen LogP contribution in [0.1, 0.15) is 0 Å². The summed E-state index contributed by atoms with van der Waals surface area (Å²) in [6, 6.07) is 10.3. The van der Waals surface area contributed by atoms with Crippen LogP contribution in [0.5, 0.6) is 0 Å². The Morgan fingerprint density at radius 3 is 2.81 bits per heavy atom. The first-order valence-electron chi connectivity index (χ1n) is 6.21. The summed E-state index contributed by atoms with van der Waals surface area (Å²) in [7, 11) is 0. The minimum Gasteiger partial charge on any atom is -0.330 e. The minimum absolute atomic E-state index is 0.134. The number of nitrogens with zero attached hydrogens (tertiary/aromatic N) is 1. The molecule has 2 heterocycles. The molecular weight excluding hydrogens is 310 g/mol. The molecule has 0 unspecified atom stereocenters. The van der Waals surface area contributed by atoms with E-state index in [1.54, 1.807) is 11.3 Å². The standard InChI is InChI=1S/C15H8F2N2S2/c16-10-2-3-11-14(13(10)17)19(15(20)18-11)9-1-4-12-8(7-9)5-6-21-12/h1-7H,(H,18,20). The third kappa shape index (κ3) is 1.83. The smallest absolute Gasteiger partial charge is 0.184 e. The number of fused-ring (bicyclic) bond motifs is 2. The van der Waals surface area contributed by atoms with E-state index in [1.165, 1.54) is 10.6 Å². The Balaban J connectivity index is 2.11. The van der Waals surface area contributed by atoms with Gasteiger partial charge in [0.2, 0.25) is 0 Å². The molecule has 0 spiro atoms. The number of imidazole rings is 1. The zero-order chi connectivity index (χ0) is 14.6. The van der Waals surface area contributed by atoms with Crippen molar-refractivity contribution in [2.24, 2.45) is 0 Å². The molecule has 2 aromatic carbocycles. The summed E-state index contributed by atoms with van der Waals surface area (Å²) in [4.78, 5) is 2.91. The highest BCUT2D eigenvalue weighted by Gasteiger charge is 2.15. The molecule has 0 aliphatic rings. The second kappa shape index (κ2) is 4.47. The van der Waals surface area contributed by atoms with E-state index in [-0.39, 0.29) is 5.52 Å². The second-order valence-corrected chi connectivity index (χ2v) is 6.00. The van der Waals surface area contributed by atoms with Crippen molar-refractivity contribution < 1.29 is 8.78 Å². The van der Waals surface area contributed by atoms with Crippen LogP contribution < -0.4 is 0 Å². The van der Waals surface area contributed by atoms with Crippen LogP contribution >= 0.6 is 23.6 Å². The Kier molecular flexibility index (Phi) is 2.70. The molecule has 0 fully saturated rings. The van der Waals surface area contributed by atoms with E-state index >= 15 is 0 Å². The molecule has 21 heavy (non-hydrogen) atoms. The molecule has 0 saturated carbocycles. The molecule has 0 saturated heterocycles. The van der Waals surface area contributed by atoms with Gasteiger partial charge in [-0.1, -0.05) is 0 Å². The largest absolute Gasteiger partial charge is 0.330 e. The predicted octanol–water partition coefficient (Wildman–Crippen LogP) is 5.18. The molecule has 104 valence electrons. The summed E-state index contributed by atoms with van der Waals surface area (Å²) >= 11 is 6.89. The van der Waals surface area contributed by atoms with E-state index in [9.17, 15) is 8.78 Å². The molecule has 6 heteroatoms. The first-order chi connectivity index (χ1) is 10.1. The molecule has 1 N–H and O–H groups in total. The zero-order valence-corrected chi connectivity index (χ0v) is 12.2. The molecule has 4 aromatic rings. The van der Waals surface area contributed by atoms with Crippen LogP contribution in [-0.4, -0.2) is 9.55 Å². The number of hydrogen-bond donors (Lipinski definition) is 1. The van der Waals surface area contributed by atoms with Gasteiger partial charge in [-0.15, -0.1) is 11.3 Å². The van der Waals surface area contributed by atoms with Crippen molar-refractivity contribution in [2.75, 3.05) is 0 Å². The van der Waals surface area contributed by atoms with Gasteiger partial charge in [0.05, 0.1) is 5.52 Å². The fourth-order valence-corrected chi connectivity index (χ4v) is 3.55. The van der Waals surface area contributed by atoms with Crippen molar-refractivity contribution in [2.45, 2.75) is 0 Å². The van der Waals surface area contributed by atoms with E-state index < -0.39 is 11.6 Å². The molecule has 0 aliphatic carbocycles. The van der Waals surface area contributed by atoms with Crippen molar-refractivity contribution in [3.05, 3.63) is 58.2 Å². The minimum atomic E-state index is -0.898. The number of H-pyrrole nitrogens is 1. The SMILES string of the molecule is Fc1ccc2[nH]c(=S)n(-c3ccc4sccc4c3)c2c1F. The van der Waals surface area contributed by atoms with E-state index in [0.29, 0.717) is 16.0 Å². The number of halogens is 2. The summed E-state index contributed by atoms with van der Waals surface area (Å²) in [6.07, 6.45) is 0. The molecule has 0 aliphatic heterocycles. The van der Waals surface area contributed by atoms with Gasteiger partial charge in [-0.05, 0) is 59.4 Å². The Morgan fingerprint density at radius 2 is 1.95 bits per heavy atom. The maximum atomic E-state index is 14.2. The van der Waals surface area contributed by atoms with Crippen LogP contribution in [-0.2, 0) is 0 Å². The van der Waals surface area contributed by atoms with Gasteiger partial charge in [-0.3, -0.25) is 4.57 Å². The lowest BCUT2D eigenvalue weighted by atomic mass is 10.2. The number of thiophene rings is 1. The van der Waals surface area contributed by atoms with Crippen LogP contribution in [0.4, 0.5) is 8.78 Å². The fourth-order valence-electron chi connectivity index (χ4n) is 2.47. The van der Waals surface area contributed by atoms with Gasteiger partial charge >= 0.3 is 0 Å². The fraction of sp³-hybridized carbons (Fsp3) is 0. The van der Waals surface area contributed by atoms with Gasteiger partial charge in [-0.25, -0.2) is 8.78 Å². The molecular formula is C15H8F2N2S2. The van der Waals surface area contributed by atoms with E-state index in [4.69, 9.17) is 12.2 Å². The van der Waals surface area contributed by atoms with Crippen LogP contribution in [0, 0.1) is 16.4 Å². The van der Waals surface area contributed by atoms with Crippen LogP contribution in [0.2, 0.25) is 0 Å². The van der Waals surface area contributed by atoms with Crippen molar-refractivity contribution >= 4 is 44.7 Å².